The van der Waals surface area contributed by atoms with Crippen LogP contribution < -0.4 is 0 Å². The van der Waals surface area contributed by atoms with Crippen LogP contribution in [-0.2, 0) is 14.3 Å². The Hall–Kier alpha value is -0.950. The first-order chi connectivity index (χ1) is 19.9. The maximum Gasteiger partial charge on any atom is 0.334 e. The van der Waals surface area contributed by atoms with Gasteiger partial charge in [-0.05, 0) is 45.1 Å². The van der Waals surface area contributed by atoms with Crippen LogP contribution in [0.3, 0.4) is 0 Å². The first kappa shape index (κ1) is 36.2. The Bertz CT molecular complexity index is 694. The molecule has 2 heterocycles. The second-order valence-corrected chi connectivity index (χ2v) is 13.0. The van der Waals surface area contributed by atoms with Crippen LogP contribution in [0.2, 0.25) is 0 Å². The molecule has 0 spiro atoms. The standard InChI is InChI=1S/C35H64O6/c1-3-4-5-6-7-8-9-13-16-19-22-31(37)33-24-25-34(41-33)32(38)23-20-17-14-11-10-12-15-18-21-30(36)27-29-26-28(2)40-35(29)39/h26,28,30-34,36-38H,3-25,27H2,1-2H3/t28-,30-,31?,32+,33?,34+/m0/s1. The van der Waals surface area contributed by atoms with E-state index in [0.29, 0.717) is 12.0 Å². The predicted octanol–water partition coefficient (Wildman–Crippen LogP) is 8.09. The van der Waals surface area contributed by atoms with Crippen LogP contribution in [0.4, 0.5) is 0 Å². The quantitative estimate of drug-likeness (QED) is 0.0707. The van der Waals surface area contributed by atoms with E-state index in [1.807, 2.05) is 13.0 Å². The summed E-state index contributed by atoms with van der Waals surface area (Å²) in [6, 6.07) is 0. The van der Waals surface area contributed by atoms with Crippen LogP contribution in [0.1, 0.15) is 168 Å². The highest BCUT2D eigenvalue weighted by Crippen LogP contribution is 2.28. The molecule has 0 radical (unpaired) electrons. The topological polar surface area (TPSA) is 96.2 Å². The number of rotatable bonds is 26. The lowest BCUT2D eigenvalue weighted by Crippen LogP contribution is -2.31. The fraction of sp³-hybridized carbons (Fsp3) is 0.914. The van der Waals surface area contributed by atoms with Crippen LogP contribution in [-0.4, -0.2) is 57.9 Å². The van der Waals surface area contributed by atoms with Gasteiger partial charge in [-0.1, -0.05) is 122 Å². The number of hydrogen-bond donors (Lipinski definition) is 3. The number of carbonyl (C=O) groups excluding carboxylic acids is 1. The number of aliphatic hydroxyl groups excluding tert-OH is 3. The highest BCUT2D eigenvalue weighted by atomic mass is 16.5. The molecule has 41 heavy (non-hydrogen) atoms. The van der Waals surface area contributed by atoms with Crippen molar-refractivity contribution in [2.45, 2.75) is 205 Å². The van der Waals surface area contributed by atoms with Crippen molar-refractivity contribution < 1.29 is 29.6 Å². The number of cyclic esters (lactones) is 1. The van der Waals surface area contributed by atoms with E-state index >= 15 is 0 Å². The van der Waals surface area contributed by atoms with E-state index in [9.17, 15) is 20.1 Å². The third-order valence-corrected chi connectivity index (χ3v) is 9.03. The molecule has 6 atom stereocenters. The molecule has 2 aliphatic heterocycles. The summed E-state index contributed by atoms with van der Waals surface area (Å²) in [5, 5.41) is 31.4. The van der Waals surface area contributed by atoms with Crippen molar-refractivity contribution in [3.63, 3.8) is 0 Å². The summed E-state index contributed by atoms with van der Waals surface area (Å²) >= 11 is 0. The molecule has 0 aromatic rings. The lowest BCUT2D eigenvalue weighted by molar-refractivity contribution is -0.139. The Morgan fingerprint density at radius 2 is 1.10 bits per heavy atom. The third kappa shape index (κ3) is 16.5. The van der Waals surface area contributed by atoms with Gasteiger partial charge in [-0.15, -0.1) is 0 Å². The zero-order chi connectivity index (χ0) is 29.7. The molecule has 2 aliphatic rings. The lowest BCUT2D eigenvalue weighted by Gasteiger charge is -2.22. The number of ether oxygens (including phenoxy) is 2. The van der Waals surface area contributed by atoms with Gasteiger partial charge in [-0.25, -0.2) is 4.79 Å². The van der Waals surface area contributed by atoms with Gasteiger partial charge in [0.2, 0.25) is 0 Å². The average Bonchev–Trinajstić information content (AvgIpc) is 3.57. The van der Waals surface area contributed by atoms with Crippen molar-refractivity contribution in [2.75, 3.05) is 0 Å². The Labute approximate surface area is 251 Å². The maximum atomic E-state index is 11.6. The SMILES string of the molecule is CCCCCCCCCCCCC(O)C1CC[C@H]([C@H](O)CCCCCCCCCC[C@H](O)CC2=C[C@H](C)OC2=O)O1. The van der Waals surface area contributed by atoms with Crippen molar-refractivity contribution in [3.8, 4) is 0 Å². The molecular weight excluding hydrogens is 516 g/mol. The molecule has 0 aromatic heterocycles. The first-order valence-electron chi connectivity index (χ1n) is 17.5. The van der Waals surface area contributed by atoms with Crippen LogP contribution in [0.15, 0.2) is 11.6 Å². The predicted molar refractivity (Wildman–Crippen MR) is 167 cm³/mol. The number of unbranched alkanes of at least 4 members (excludes halogenated alkanes) is 16. The average molecular weight is 581 g/mol. The highest BCUT2D eigenvalue weighted by molar-refractivity contribution is 5.90. The molecule has 0 bridgehead atoms. The molecule has 1 fully saturated rings. The minimum Gasteiger partial charge on any atom is -0.455 e. The molecule has 6 nitrogen and oxygen atoms in total. The van der Waals surface area contributed by atoms with Crippen molar-refractivity contribution >= 4 is 5.97 Å². The fourth-order valence-electron chi connectivity index (χ4n) is 6.40. The smallest absolute Gasteiger partial charge is 0.334 e. The zero-order valence-corrected chi connectivity index (χ0v) is 26.6. The maximum absolute atomic E-state index is 11.6. The second-order valence-electron chi connectivity index (χ2n) is 13.0. The van der Waals surface area contributed by atoms with E-state index in [2.05, 4.69) is 6.92 Å². The zero-order valence-electron chi connectivity index (χ0n) is 26.6. The van der Waals surface area contributed by atoms with Gasteiger partial charge in [0.1, 0.15) is 6.10 Å². The van der Waals surface area contributed by atoms with Crippen LogP contribution in [0, 0.1) is 0 Å². The van der Waals surface area contributed by atoms with Gasteiger partial charge < -0.3 is 24.8 Å². The molecule has 0 aromatic carbocycles. The molecule has 3 N–H and O–H groups in total. The number of hydrogen-bond acceptors (Lipinski definition) is 6. The Morgan fingerprint density at radius 3 is 1.51 bits per heavy atom. The summed E-state index contributed by atoms with van der Waals surface area (Å²) in [4.78, 5) is 11.6. The summed E-state index contributed by atoms with van der Waals surface area (Å²) in [6.07, 6.45) is 26.7. The molecule has 2 rings (SSSR count). The Kier molecular flexibility index (Phi) is 20.0. The molecule has 2 unspecified atom stereocenters. The molecule has 0 amide bonds. The monoisotopic (exact) mass is 580 g/mol. The summed E-state index contributed by atoms with van der Waals surface area (Å²) < 4.78 is 11.2. The third-order valence-electron chi connectivity index (χ3n) is 9.03. The van der Waals surface area contributed by atoms with Crippen LogP contribution in [0.25, 0.3) is 0 Å². The molecule has 0 aliphatic carbocycles. The van der Waals surface area contributed by atoms with E-state index in [4.69, 9.17) is 9.47 Å². The van der Waals surface area contributed by atoms with Gasteiger partial charge in [-0.2, -0.15) is 0 Å². The fourth-order valence-corrected chi connectivity index (χ4v) is 6.40. The summed E-state index contributed by atoms with van der Waals surface area (Å²) in [7, 11) is 0. The van der Waals surface area contributed by atoms with E-state index in [-0.39, 0.29) is 24.3 Å². The largest absolute Gasteiger partial charge is 0.455 e. The van der Waals surface area contributed by atoms with Gasteiger partial charge in [0.25, 0.3) is 0 Å². The van der Waals surface area contributed by atoms with Crippen LogP contribution >= 0.6 is 0 Å². The number of carbonyl (C=O) groups is 1. The lowest BCUT2D eigenvalue weighted by atomic mass is 9.99. The molecule has 0 saturated carbocycles. The van der Waals surface area contributed by atoms with Gasteiger partial charge in [0.05, 0.1) is 30.5 Å². The Morgan fingerprint density at radius 1 is 0.683 bits per heavy atom. The first-order valence-corrected chi connectivity index (χ1v) is 17.5. The van der Waals surface area contributed by atoms with Crippen molar-refractivity contribution in [1.29, 1.82) is 0 Å². The van der Waals surface area contributed by atoms with Gasteiger partial charge in [-0.3, -0.25) is 0 Å². The van der Waals surface area contributed by atoms with Gasteiger partial charge in [0.15, 0.2) is 0 Å². The number of aliphatic hydroxyl groups is 3. The molecule has 1 saturated heterocycles. The molecular formula is C35H64O6. The minimum absolute atomic E-state index is 0.102. The van der Waals surface area contributed by atoms with Crippen molar-refractivity contribution in [1.82, 2.24) is 0 Å². The summed E-state index contributed by atoms with van der Waals surface area (Å²) in [5.41, 5.74) is 0.617. The summed E-state index contributed by atoms with van der Waals surface area (Å²) in [5.74, 6) is -0.280. The van der Waals surface area contributed by atoms with Crippen LogP contribution in [0.5, 0.6) is 0 Å². The van der Waals surface area contributed by atoms with Gasteiger partial charge >= 0.3 is 5.97 Å². The van der Waals surface area contributed by atoms with E-state index in [1.54, 1.807) is 0 Å². The Balaban J connectivity index is 1.37. The molecule has 6 heteroatoms. The second kappa shape index (κ2) is 22.6. The normalized spacial score (nSPS) is 23.0. The molecule has 240 valence electrons. The van der Waals surface area contributed by atoms with E-state index < -0.39 is 18.3 Å². The number of esters is 1. The minimum atomic E-state index is -0.461. The highest BCUT2D eigenvalue weighted by Gasteiger charge is 2.34. The van der Waals surface area contributed by atoms with Crippen molar-refractivity contribution in [3.05, 3.63) is 11.6 Å². The van der Waals surface area contributed by atoms with Gasteiger partial charge in [0, 0.05) is 12.0 Å². The van der Waals surface area contributed by atoms with Crippen molar-refractivity contribution in [2.24, 2.45) is 0 Å². The summed E-state index contributed by atoms with van der Waals surface area (Å²) in [6.45, 7) is 4.10. The van der Waals surface area contributed by atoms with E-state index in [0.717, 1.165) is 64.2 Å². The van der Waals surface area contributed by atoms with E-state index in [1.165, 1.54) is 83.5 Å².